The van der Waals surface area contributed by atoms with Gasteiger partial charge in [-0.15, -0.1) is 11.3 Å². The SMILES string of the molecule is Cc1cc(C(=O)NCc2ccc(C#CCN)s2)on1. The summed E-state index contributed by atoms with van der Waals surface area (Å²) in [6.45, 7) is 2.55. The summed E-state index contributed by atoms with van der Waals surface area (Å²) in [4.78, 5) is 13.7. The summed E-state index contributed by atoms with van der Waals surface area (Å²) < 4.78 is 4.88. The van der Waals surface area contributed by atoms with Gasteiger partial charge in [0.15, 0.2) is 0 Å². The highest BCUT2D eigenvalue weighted by molar-refractivity contribution is 7.12. The number of aromatic nitrogens is 1. The monoisotopic (exact) mass is 275 g/mol. The van der Waals surface area contributed by atoms with Gasteiger partial charge in [-0.25, -0.2) is 0 Å². The lowest BCUT2D eigenvalue weighted by molar-refractivity contribution is 0.0914. The Morgan fingerprint density at radius 3 is 3.11 bits per heavy atom. The Balaban J connectivity index is 1.92. The molecule has 2 rings (SSSR count). The fourth-order valence-electron chi connectivity index (χ4n) is 1.40. The van der Waals surface area contributed by atoms with Crippen molar-refractivity contribution in [2.24, 2.45) is 5.73 Å². The minimum absolute atomic E-state index is 0.220. The van der Waals surface area contributed by atoms with Crippen LogP contribution < -0.4 is 11.1 Å². The van der Waals surface area contributed by atoms with E-state index in [1.165, 1.54) is 11.3 Å². The maximum absolute atomic E-state index is 11.7. The molecule has 5 nitrogen and oxygen atoms in total. The zero-order valence-electron chi connectivity index (χ0n) is 10.4. The summed E-state index contributed by atoms with van der Waals surface area (Å²) in [5, 5.41) is 6.43. The van der Waals surface area contributed by atoms with Crippen molar-refractivity contribution in [3.05, 3.63) is 39.4 Å². The molecular formula is C13H13N3O2S. The van der Waals surface area contributed by atoms with Crippen molar-refractivity contribution < 1.29 is 9.32 Å². The summed E-state index contributed by atoms with van der Waals surface area (Å²) in [6.07, 6.45) is 0. The van der Waals surface area contributed by atoms with Crippen LogP contribution in [0.5, 0.6) is 0 Å². The lowest BCUT2D eigenvalue weighted by Crippen LogP contribution is -2.21. The molecule has 0 bridgehead atoms. The number of nitrogens with two attached hydrogens (primary N) is 1. The topological polar surface area (TPSA) is 81.2 Å². The van der Waals surface area contributed by atoms with Crippen LogP contribution in [-0.2, 0) is 6.54 Å². The van der Waals surface area contributed by atoms with E-state index in [-0.39, 0.29) is 11.7 Å². The molecule has 0 unspecified atom stereocenters. The number of nitrogens with zero attached hydrogens (tertiary/aromatic N) is 1. The Morgan fingerprint density at radius 2 is 2.42 bits per heavy atom. The van der Waals surface area contributed by atoms with E-state index < -0.39 is 0 Å². The molecule has 0 aliphatic rings. The highest BCUT2D eigenvalue weighted by atomic mass is 32.1. The molecule has 0 saturated heterocycles. The molecule has 0 atom stereocenters. The average molecular weight is 275 g/mol. The third-order valence-corrected chi connectivity index (χ3v) is 3.25. The predicted molar refractivity (Wildman–Crippen MR) is 72.7 cm³/mol. The summed E-state index contributed by atoms with van der Waals surface area (Å²) in [6, 6.07) is 5.44. The lowest BCUT2D eigenvalue weighted by Gasteiger charge is -1.99. The van der Waals surface area contributed by atoms with Crippen LogP contribution in [0, 0.1) is 18.8 Å². The zero-order valence-corrected chi connectivity index (χ0v) is 11.2. The van der Waals surface area contributed by atoms with Crippen LogP contribution >= 0.6 is 11.3 Å². The van der Waals surface area contributed by atoms with E-state index in [2.05, 4.69) is 22.3 Å². The van der Waals surface area contributed by atoms with E-state index in [1.807, 2.05) is 12.1 Å². The highest BCUT2D eigenvalue weighted by Crippen LogP contribution is 2.15. The first-order valence-electron chi connectivity index (χ1n) is 5.68. The summed E-state index contributed by atoms with van der Waals surface area (Å²) in [7, 11) is 0. The molecule has 19 heavy (non-hydrogen) atoms. The predicted octanol–water partition coefficient (Wildman–Crippen LogP) is 1.28. The molecule has 0 aliphatic carbocycles. The van der Waals surface area contributed by atoms with Crippen molar-refractivity contribution in [2.75, 3.05) is 6.54 Å². The lowest BCUT2D eigenvalue weighted by atomic mass is 10.3. The van der Waals surface area contributed by atoms with Crippen LogP contribution in [0.1, 0.15) is 26.0 Å². The molecule has 2 aromatic heterocycles. The van der Waals surface area contributed by atoms with Crippen molar-refractivity contribution in [3.8, 4) is 11.8 Å². The molecule has 0 radical (unpaired) electrons. The van der Waals surface area contributed by atoms with E-state index in [1.54, 1.807) is 13.0 Å². The van der Waals surface area contributed by atoms with Gasteiger partial charge in [0, 0.05) is 10.9 Å². The van der Waals surface area contributed by atoms with Crippen LogP contribution in [0.3, 0.4) is 0 Å². The van der Waals surface area contributed by atoms with E-state index >= 15 is 0 Å². The molecule has 98 valence electrons. The van der Waals surface area contributed by atoms with Gasteiger partial charge in [0.25, 0.3) is 5.91 Å². The fourth-order valence-corrected chi connectivity index (χ4v) is 2.23. The summed E-state index contributed by atoms with van der Waals surface area (Å²) in [5.74, 6) is 5.68. The molecule has 1 amide bonds. The molecule has 2 aromatic rings. The quantitative estimate of drug-likeness (QED) is 0.827. The van der Waals surface area contributed by atoms with Crippen molar-refractivity contribution >= 4 is 17.2 Å². The van der Waals surface area contributed by atoms with Gasteiger partial charge >= 0.3 is 0 Å². The molecule has 3 N–H and O–H groups in total. The number of carbonyl (C=O) groups is 1. The second kappa shape index (κ2) is 6.18. The molecule has 0 aliphatic heterocycles. The Kier molecular flexibility index (Phi) is 4.34. The van der Waals surface area contributed by atoms with Gasteiger partial charge < -0.3 is 15.6 Å². The van der Waals surface area contributed by atoms with Gasteiger partial charge in [0.1, 0.15) is 0 Å². The van der Waals surface area contributed by atoms with Crippen LogP contribution in [0.15, 0.2) is 22.7 Å². The number of thiophene rings is 1. The maximum Gasteiger partial charge on any atom is 0.290 e. The fraction of sp³-hybridized carbons (Fsp3) is 0.231. The van der Waals surface area contributed by atoms with Crippen molar-refractivity contribution in [1.82, 2.24) is 10.5 Å². The molecule has 2 heterocycles. The largest absolute Gasteiger partial charge is 0.351 e. The number of carbonyl (C=O) groups excluding carboxylic acids is 1. The van der Waals surface area contributed by atoms with E-state index in [4.69, 9.17) is 10.3 Å². The number of nitrogens with one attached hydrogen (secondary N) is 1. The van der Waals surface area contributed by atoms with Crippen LogP contribution in [-0.4, -0.2) is 17.6 Å². The van der Waals surface area contributed by atoms with Gasteiger partial charge in [0.2, 0.25) is 5.76 Å². The van der Waals surface area contributed by atoms with E-state index in [0.717, 1.165) is 9.75 Å². The number of amides is 1. The van der Waals surface area contributed by atoms with Crippen molar-refractivity contribution in [2.45, 2.75) is 13.5 Å². The number of aryl methyl sites for hydroxylation is 1. The summed E-state index contributed by atoms with van der Waals surface area (Å²) >= 11 is 1.53. The normalized spacial score (nSPS) is 9.79. The first kappa shape index (κ1) is 13.3. The third-order valence-electron chi connectivity index (χ3n) is 2.25. The van der Waals surface area contributed by atoms with Gasteiger partial charge in [-0.3, -0.25) is 4.79 Å². The second-order valence-corrected chi connectivity index (χ2v) is 4.96. The Morgan fingerprint density at radius 1 is 1.58 bits per heavy atom. The summed E-state index contributed by atoms with van der Waals surface area (Å²) in [5.41, 5.74) is 5.99. The van der Waals surface area contributed by atoms with Crippen molar-refractivity contribution in [1.29, 1.82) is 0 Å². The molecule has 0 spiro atoms. The van der Waals surface area contributed by atoms with Crippen LogP contribution in [0.25, 0.3) is 0 Å². The number of hydrogen-bond acceptors (Lipinski definition) is 5. The standard InChI is InChI=1S/C13H13N3O2S/c1-9-7-12(18-16-9)13(17)15-8-11-5-4-10(19-11)3-2-6-14/h4-5,7H,6,8,14H2,1H3,(H,15,17). The second-order valence-electron chi connectivity index (χ2n) is 3.79. The van der Waals surface area contributed by atoms with Crippen molar-refractivity contribution in [3.63, 3.8) is 0 Å². The van der Waals surface area contributed by atoms with Crippen LogP contribution in [0.2, 0.25) is 0 Å². The minimum atomic E-state index is -0.274. The Labute approximate surface area is 114 Å². The third kappa shape index (κ3) is 3.68. The molecule has 6 heteroatoms. The first-order valence-corrected chi connectivity index (χ1v) is 6.50. The van der Waals surface area contributed by atoms with Gasteiger partial charge in [-0.05, 0) is 19.1 Å². The average Bonchev–Trinajstić information content (AvgIpc) is 3.02. The number of hydrogen-bond donors (Lipinski definition) is 2. The highest BCUT2D eigenvalue weighted by Gasteiger charge is 2.11. The zero-order chi connectivity index (χ0) is 13.7. The Hall–Kier alpha value is -2.10. The van der Waals surface area contributed by atoms with Gasteiger partial charge in [-0.1, -0.05) is 17.0 Å². The van der Waals surface area contributed by atoms with Gasteiger partial charge in [0.05, 0.1) is 23.7 Å². The molecule has 0 saturated carbocycles. The van der Waals surface area contributed by atoms with E-state index in [0.29, 0.717) is 18.8 Å². The Bertz CT molecular complexity index is 634. The van der Waals surface area contributed by atoms with E-state index in [9.17, 15) is 4.79 Å². The van der Waals surface area contributed by atoms with Crippen LogP contribution in [0.4, 0.5) is 0 Å². The molecular weight excluding hydrogens is 262 g/mol. The first-order chi connectivity index (χ1) is 9.19. The molecule has 0 aromatic carbocycles. The maximum atomic E-state index is 11.7. The minimum Gasteiger partial charge on any atom is -0.351 e. The smallest absolute Gasteiger partial charge is 0.290 e. The molecule has 0 fully saturated rings. The van der Waals surface area contributed by atoms with Gasteiger partial charge in [-0.2, -0.15) is 0 Å². The number of rotatable bonds is 3.